The van der Waals surface area contributed by atoms with E-state index < -0.39 is 0 Å². The van der Waals surface area contributed by atoms with Crippen molar-refractivity contribution < 1.29 is 9.59 Å². The van der Waals surface area contributed by atoms with Gasteiger partial charge in [-0.2, -0.15) is 0 Å². The maximum atomic E-state index is 12.5. The van der Waals surface area contributed by atoms with Gasteiger partial charge < -0.3 is 15.2 Å². The average Bonchev–Trinajstić information content (AvgIpc) is 3.21. The average molecular weight is 369 g/mol. The lowest BCUT2D eigenvalue weighted by molar-refractivity contribution is -0.125. The Morgan fingerprint density at radius 1 is 1.26 bits per heavy atom. The van der Waals surface area contributed by atoms with E-state index in [1.54, 1.807) is 10.6 Å². The van der Waals surface area contributed by atoms with Gasteiger partial charge in [-0.25, -0.2) is 0 Å². The fourth-order valence-corrected chi connectivity index (χ4v) is 3.60. The van der Waals surface area contributed by atoms with E-state index in [4.69, 9.17) is 0 Å². The predicted octanol–water partition coefficient (Wildman–Crippen LogP) is 1.24. The number of rotatable bonds is 6. The lowest BCUT2D eigenvalue weighted by Gasteiger charge is -2.23. The van der Waals surface area contributed by atoms with Crippen LogP contribution in [-0.4, -0.2) is 51.4 Å². The van der Waals surface area contributed by atoms with Crippen LogP contribution < -0.4 is 10.6 Å². The minimum Gasteiger partial charge on any atom is -0.355 e. The molecule has 0 unspecified atom stereocenters. The maximum Gasteiger partial charge on any atom is 0.268 e. The molecule has 0 spiro atoms. The Balaban J connectivity index is 1.71. The molecular formula is C20H27N5O2. The van der Waals surface area contributed by atoms with Crippen LogP contribution in [0.3, 0.4) is 0 Å². The third kappa shape index (κ3) is 4.54. The van der Waals surface area contributed by atoms with Crippen LogP contribution >= 0.6 is 0 Å². The van der Waals surface area contributed by atoms with Crippen LogP contribution in [0.15, 0.2) is 36.5 Å². The Bertz CT molecular complexity index is 816. The summed E-state index contributed by atoms with van der Waals surface area (Å²) in [6, 6.07) is 9.19. The number of amides is 2. The summed E-state index contributed by atoms with van der Waals surface area (Å²) < 4.78 is 1.79. The molecule has 27 heavy (non-hydrogen) atoms. The second kappa shape index (κ2) is 8.35. The van der Waals surface area contributed by atoms with Crippen molar-refractivity contribution in [1.82, 2.24) is 25.1 Å². The largest absolute Gasteiger partial charge is 0.355 e. The van der Waals surface area contributed by atoms with E-state index >= 15 is 0 Å². The second-order valence-electron chi connectivity index (χ2n) is 7.02. The van der Waals surface area contributed by atoms with E-state index in [2.05, 4.69) is 20.5 Å². The number of nitrogens with zero attached hydrogens (tertiary/aromatic N) is 3. The van der Waals surface area contributed by atoms with E-state index in [0.717, 1.165) is 11.4 Å². The van der Waals surface area contributed by atoms with Crippen molar-refractivity contribution >= 4 is 11.8 Å². The minimum absolute atomic E-state index is 0.000712. The topological polar surface area (TPSA) is 79.3 Å². The van der Waals surface area contributed by atoms with Crippen LogP contribution in [0, 0.1) is 6.92 Å². The summed E-state index contributed by atoms with van der Waals surface area (Å²) in [5.74, 6) is -0.113. The van der Waals surface area contributed by atoms with Crippen LogP contribution in [0.25, 0.3) is 0 Å². The normalized spacial score (nSPS) is 19.8. The highest BCUT2D eigenvalue weighted by molar-refractivity contribution is 5.93. The Morgan fingerprint density at radius 3 is 2.74 bits per heavy atom. The van der Waals surface area contributed by atoms with Crippen LogP contribution in [0.1, 0.15) is 35.2 Å². The van der Waals surface area contributed by atoms with Gasteiger partial charge in [0.1, 0.15) is 5.69 Å². The summed E-state index contributed by atoms with van der Waals surface area (Å²) in [5, 5.41) is 5.98. The fraction of sp³-hybridized carbons (Fsp3) is 0.450. The first-order valence-corrected chi connectivity index (χ1v) is 9.34. The number of hydrogen-bond donors (Lipinski definition) is 2. The lowest BCUT2D eigenvalue weighted by atomic mass is 10.1. The highest BCUT2D eigenvalue weighted by atomic mass is 16.2. The smallest absolute Gasteiger partial charge is 0.268 e. The molecule has 0 bridgehead atoms. The lowest BCUT2D eigenvalue weighted by Crippen LogP contribution is -2.42. The third-order valence-electron chi connectivity index (χ3n) is 4.88. The number of carbonyl (C=O) groups excluding carboxylic acids is 2. The van der Waals surface area contributed by atoms with Gasteiger partial charge in [-0.3, -0.25) is 19.5 Å². The molecule has 2 aromatic heterocycles. The predicted molar refractivity (Wildman–Crippen MR) is 103 cm³/mol. The molecule has 7 heteroatoms. The number of aryl methyl sites for hydroxylation is 2. The molecule has 1 fully saturated rings. The standard InChI is InChI=1S/C20H27N5O2/c1-4-21-19(26)18-11-16(23-20(27)17-9-6-10-24(17)3)13-25(18)12-15-8-5-7-14(2)22-15/h5-10,16,18H,4,11-13H2,1-3H3,(H,21,26)(H,23,27)/t16-,18-/m0/s1. The molecule has 1 aliphatic rings. The number of likely N-dealkylation sites (tertiary alicyclic amines) is 1. The minimum atomic E-state index is -0.272. The van der Waals surface area contributed by atoms with E-state index in [9.17, 15) is 9.59 Å². The monoisotopic (exact) mass is 369 g/mol. The summed E-state index contributed by atoms with van der Waals surface area (Å²) in [6.45, 7) is 5.66. The molecule has 0 radical (unpaired) electrons. The van der Waals surface area contributed by atoms with Gasteiger partial charge in [0, 0.05) is 44.6 Å². The molecule has 7 nitrogen and oxygen atoms in total. The zero-order valence-electron chi connectivity index (χ0n) is 16.1. The highest BCUT2D eigenvalue weighted by Crippen LogP contribution is 2.21. The van der Waals surface area contributed by atoms with Crippen molar-refractivity contribution in [1.29, 1.82) is 0 Å². The molecule has 3 heterocycles. The van der Waals surface area contributed by atoms with E-state index in [-0.39, 0.29) is 23.9 Å². The number of carbonyl (C=O) groups is 2. The Kier molecular flexibility index (Phi) is 5.91. The molecule has 2 N–H and O–H groups in total. The zero-order valence-corrected chi connectivity index (χ0v) is 16.1. The van der Waals surface area contributed by atoms with Crippen molar-refractivity contribution in [3.63, 3.8) is 0 Å². The highest BCUT2D eigenvalue weighted by Gasteiger charge is 2.37. The number of likely N-dealkylation sites (N-methyl/N-ethyl adjacent to an activating group) is 1. The SMILES string of the molecule is CCNC(=O)[C@@H]1C[C@H](NC(=O)c2cccn2C)CN1Cc1cccc(C)n1. The van der Waals surface area contributed by atoms with Gasteiger partial charge in [-0.05, 0) is 44.5 Å². The number of nitrogens with one attached hydrogen (secondary N) is 2. The summed E-state index contributed by atoms with van der Waals surface area (Å²) in [7, 11) is 1.84. The summed E-state index contributed by atoms with van der Waals surface area (Å²) >= 11 is 0. The summed E-state index contributed by atoms with van der Waals surface area (Å²) in [6.07, 6.45) is 2.44. The molecule has 144 valence electrons. The fourth-order valence-electron chi connectivity index (χ4n) is 3.60. The van der Waals surface area contributed by atoms with Crippen LogP contribution in [0.2, 0.25) is 0 Å². The van der Waals surface area contributed by atoms with Crippen molar-refractivity contribution in [3.05, 3.63) is 53.6 Å². The van der Waals surface area contributed by atoms with E-state index in [1.807, 2.05) is 51.4 Å². The number of pyridine rings is 1. The Morgan fingerprint density at radius 2 is 2.07 bits per heavy atom. The first-order chi connectivity index (χ1) is 13.0. The van der Waals surface area contributed by atoms with Crippen LogP contribution in [0.4, 0.5) is 0 Å². The van der Waals surface area contributed by atoms with Gasteiger partial charge >= 0.3 is 0 Å². The maximum absolute atomic E-state index is 12.5. The first kappa shape index (κ1) is 19.1. The second-order valence-corrected chi connectivity index (χ2v) is 7.02. The summed E-state index contributed by atoms with van der Waals surface area (Å²) in [4.78, 5) is 31.7. The molecule has 2 atom stereocenters. The van der Waals surface area contributed by atoms with Crippen LogP contribution in [0.5, 0.6) is 0 Å². The van der Waals surface area contributed by atoms with Gasteiger partial charge in [0.25, 0.3) is 5.91 Å². The molecule has 0 aromatic carbocycles. The van der Waals surface area contributed by atoms with Crippen molar-refractivity contribution in [2.24, 2.45) is 7.05 Å². The summed E-state index contributed by atoms with van der Waals surface area (Å²) in [5.41, 5.74) is 2.50. The molecule has 2 aromatic rings. The number of aromatic nitrogens is 2. The van der Waals surface area contributed by atoms with E-state index in [0.29, 0.717) is 31.7 Å². The van der Waals surface area contributed by atoms with Crippen molar-refractivity contribution in [2.45, 2.75) is 38.9 Å². The number of hydrogen-bond acceptors (Lipinski definition) is 4. The Labute approximate surface area is 159 Å². The van der Waals surface area contributed by atoms with Crippen LogP contribution in [-0.2, 0) is 18.4 Å². The van der Waals surface area contributed by atoms with Gasteiger partial charge in [0.05, 0.1) is 11.7 Å². The molecule has 1 saturated heterocycles. The molecule has 2 amide bonds. The van der Waals surface area contributed by atoms with Gasteiger partial charge in [-0.15, -0.1) is 0 Å². The molecule has 0 saturated carbocycles. The molecular weight excluding hydrogens is 342 g/mol. The first-order valence-electron chi connectivity index (χ1n) is 9.34. The molecule has 3 rings (SSSR count). The van der Waals surface area contributed by atoms with Gasteiger partial charge in [-0.1, -0.05) is 6.07 Å². The molecule has 1 aliphatic heterocycles. The van der Waals surface area contributed by atoms with Crippen molar-refractivity contribution in [2.75, 3.05) is 13.1 Å². The molecule has 0 aliphatic carbocycles. The zero-order chi connectivity index (χ0) is 19.4. The third-order valence-corrected chi connectivity index (χ3v) is 4.88. The Hall–Kier alpha value is -2.67. The quantitative estimate of drug-likeness (QED) is 0.803. The van der Waals surface area contributed by atoms with Gasteiger partial charge in [0.2, 0.25) is 5.91 Å². The van der Waals surface area contributed by atoms with Gasteiger partial charge in [0.15, 0.2) is 0 Å². The van der Waals surface area contributed by atoms with Crippen molar-refractivity contribution in [3.8, 4) is 0 Å². The van der Waals surface area contributed by atoms with E-state index in [1.165, 1.54) is 0 Å².